The van der Waals surface area contributed by atoms with Gasteiger partial charge in [-0.15, -0.1) is 0 Å². The van der Waals surface area contributed by atoms with Crippen LogP contribution < -0.4 is 43.8 Å². The molecule has 1 aliphatic heterocycles. The molecule has 220 valence electrons. The van der Waals surface area contributed by atoms with E-state index in [1.54, 1.807) is 13.1 Å². The number of para-hydroxylation sites is 1. The van der Waals surface area contributed by atoms with Gasteiger partial charge in [-0.3, -0.25) is 24.0 Å². The van der Waals surface area contributed by atoms with Gasteiger partial charge in [0.05, 0.1) is 6.04 Å². The van der Waals surface area contributed by atoms with Crippen molar-refractivity contribution in [2.75, 3.05) is 20.1 Å². The number of benzene rings is 1. The van der Waals surface area contributed by atoms with Gasteiger partial charge in [0, 0.05) is 30.1 Å². The third kappa shape index (κ3) is 8.76. The number of carbonyl (C=O) groups is 5. The van der Waals surface area contributed by atoms with Gasteiger partial charge in [-0.25, -0.2) is 0 Å². The Bertz CT molecular complexity index is 1180. The molecular formula is C26H41N9O5. The summed E-state index contributed by atoms with van der Waals surface area (Å²) >= 11 is 0. The average Bonchev–Trinajstić information content (AvgIpc) is 3.35. The molecule has 0 radical (unpaired) electrons. The Labute approximate surface area is 232 Å². The van der Waals surface area contributed by atoms with Gasteiger partial charge in [0.25, 0.3) is 0 Å². The van der Waals surface area contributed by atoms with Crippen LogP contribution in [0.15, 0.2) is 30.5 Å². The summed E-state index contributed by atoms with van der Waals surface area (Å²) in [6, 6.07) is 2.53. The highest BCUT2D eigenvalue weighted by Crippen LogP contribution is 2.19. The second-order valence-electron chi connectivity index (χ2n) is 9.39. The molecule has 0 spiro atoms. The lowest BCUT2D eigenvalue weighted by Crippen LogP contribution is -2.58. The molecule has 1 saturated heterocycles. The normalized spacial score (nSPS) is 25.4. The summed E-state index contributed by atoms with van der Waals surface area (Å²) in [5.74, 6) is -3.06. The molecule has 14 nitrogen and oxygen atoms in total. The Morgan fingerprint density at radius 3 is 2.25 bits per heavy atom. The van der Waals surface area contributed by atoms with Crippen molar-refractivity contribution >= 4 is 40.4 Å². The van der Waals surface area contributed by atoms with Crippen LogP contribution in [0.5, 0.6) is 0 Å². The van der Waals surface area contributed by atoms with Crippen molar-refractivity contribution in [3.05, 3.63) is 36.0 Å². The van der Waals surface area contributed by atoms with Gasteiger partial charge in [-0.2, -0.15) is 0 Å². The van der Waals surface area contributed by atoms with E-state index < -0.39 is 59.7 Å². The van der Waals surface area contributed by atoms with Crippen molar-refractivity contribution in [1.82, 2.24) is 31.6 Å². The Balaban J connectivity index is 0.00000274. The van der Waals surface area contributed by atoms with Crippen molar-refractivity contribution in [2.24, 2.45) is 17.2 Å². The second kappa shape index (κ2) is 15.5. The maximum Gasteiger partial charge on any atom is 0.243 e. The lowest BCUT2D eigenvalue weighted by Gasteiger charge is -2.25. The topological polar surface area (TPSA) is 239 Å². The first-order chi connectivity index (χ1) is 19.1. The van der Waals surface area contributed by atoms with E-state index in [0.717, 1.165) is 16.5 Å². The van der Waals surface area contributed by atoms with E-state index in [1.165, 1.54) is 14.0 Å². The maximum absolute atomic E-state index is 13.4. The lowest BCUT2D eigenvalue weighted by atomic mass is 10.0. The van der Waals surface area contributed by atoms with Crippen molar-refractivity contribution in [3.8, 4) is 0 Å². The average molecular weight is 560 g/mol. The van der Waals surface area contributed by atoms with Gasteiger partial charge in [-0.1, -0.05) is 25.1 Å². The van der Waals surface area contributed by atoms with Gasteiger partial charge >= 0.3 is 0 Å². The van der Waals surface area contributed by atoms with Gasteiger partial charge in [0.15, 0.2) is 0 Å². The third-order valence-electron chi connectivity index (χ3n) is 6.50. The van der Waals surface area contributed by atoms with Crippen LogP contribution in [0.2, 0.25) is 0 Å². The Morgan fingerprint density at radius 2 is 1.57 bits per heavy atom. The van der Waals surface area contributed by atoms with Gasteiger partial charge in [-0.05, 0) is 45.0 Å². The monoisotopic (exact) mass is 559 g/mol. The number of nitrogens with two attached hydrogens (primary N) is 3. The van der Waals surface area contributed by atoms with Crippen molar-refractivity contribution in [2.45, 2.75) is 63.3 Å². The van der Waals surface area contributed by atoms with E-state index in [0.29, 0.717) is 0 Å². The molecule has 1 aromatic carbocycles. The predicted molar refractivity (Wildman–Crippen MR) is 150 cm³/mol. The summed E-state index contributed by atoms with van der Waals surface area (Å²) in [5.41, 5.74) is 17.5. The quantitative estimate of drug-likeness (QED) is 0.193. The highest BCUT2D eigenvalue weighted by Gasteiger charge is 2.30. The number of carbonyl (C=O) groups excluding carboxylic acids is 5. The molecule has 0 bridgehead atoms. The zero-order valence-corrected chi connectivity index (χ0v) is 23.1. The summed E-state index contributed by atoms with van der Waals surface area (Å²) in [5, 5.41) is 14.3. The molecule has 2 aromatic rings. The SMILES string of the molecule is CC[C@@H]1NC(=O)[C@H](Cc2c[nH]c3ccccc23)NC(=O)[C@H](C)NC(=O)[C@@H](N)CNCC[C@@H](C(N)=O)NC1=O.CN. The zero-order chi connectivity index (χ0) is 29.8. The molecule has 5 amide bonds. The summed E-state index contributed by atoms with van der Waals surface area (Å²) in [7, 11) is 1.50. The predicted octanol–water partition coefficient (Wildman–Crippen LogP) is -2.54. The Hall–Kier alpha value is -4.01. The van der Waals surface area contributed by atoms with Crippen molar-refractivity contribution in [1.29, 1.82) is 0 Å². The number of hydrogen-bond donors (Lipinski definition) is 9. The zero-order valence-electron chi connectivity index (χ0n) is 23.1. The summed E-state index contributed by atoms with van der Waals surface area (Å²) in [6.07, 6.45) is 2.26. The number of aromatic nitrogens is 1. The molecule has 3 rings (SSSR count). The largest absolute Gasteiger partial charge is 0.368 e. The molecule has 12 N–H and O–H groups in total. The van der Waals surface area contributed by atoms with Crippen LogP contribution in [-0.4, -0.2) is 84.9 Å². The number of fused-ring (bicyclic) bond motifs is 1. The molecule has 0 aliphatic carbocycles. The summed E-state index contributed by atoms with van der Waals surface area (Å²) in [6.45, 7) is 3.50. The van der Waals surface area contributed by atoms with Crippen LogP contribution >= 0.6 is 0 Å². The van der Waals surface area contributed by atoms with E-state index >= 15 is 0 Å². The van der Waals surface area contributed by atoms with E-state index in [4.69, 9.17) is 11.5 Å². The van der Waals surface area contributed by atoms with E-state index in [1.807, 2.05) is 24.3 Å². The standard InChI is InChI=1S/C25H36N8O5.CH5N/c1-3-17-24(37)32-19(21(27)34)8-9-28-12-16(26)23(36)30-13(2)22(35)33-20(25(38)31-17)10-14-11-29-18-7-5-4-6-15(14)18;1-2/h4-7,11,13,16-17,19-20,28-29H,3,8-10,12,26H2,1-2H3,(H2,27,34)(H,30,36)(H,31,38)(H,32,37)(H,33,35);2H2,1H3/t13-,16-,17-,19-,20-;/m0./s1. The van der Waals surface area contributed by atoms with Crippen LogP contribution in [0.3, 0.4) is 0 Å². The van der Waals surface area contributed by atoms with Crippen molar-refractivity contribution < 1.29 is 24.0 Å². The van der Waals surface area contributed by atoms with Crippen molar-refractivity contribution in [3.63, 3.8) is 0 Å². The molecule has 1 aliphatic rings. The molecule has 2 heterocycles. The smallest absolute Gasteiger partial charge is 0.243 e. The molecule has 1 aromatic heterocycles. The minimum absolute atomic E-state index is 0.0699. The fourth-order valence-electron chi connectivity index (χ4n) is 4.19. The maximum atomic E-state index is 13.4. The Morgan fingerprint density at radius 1 is 0.925 bits per heavy atom. The minimum atomic E-state index is -1.07. The Kier molecular flexibility index (Phi) is 12.5. The van der Waals surface area contributed by atoms with Crippen LogP contribution in [0.25, 0.3) is 10.9 Å². The second-order valence-corrected chi connectivity index (χ2v) is 9.39. The minimum Gasteiger partial charge on any atom is -0.368 e. The van der Waals surface area contributed by atoms with Gasteiger partial charge in [0.1, 0.15) is 24.2 Å². The molecule has 0 saturated carbocycles. The summed E-state index contributed by atoms with van der Waals surface area (Å²) < 4.78 is 0. The van der Waals surface area contributed by atoms with E-state index in [9.17, 15) is 24.0 Å². The van der Waals surface area contributed by atoms with Gasteiger partial charge < -0.3 is 48.8 Å². The number of nitrogens with one attached hydrogen (secondary N) is 6. The van der Waals surface area contributed by atoms with E-state index in [2.05, 4.69) is 37.3 Å². The molecule has 1 fully saturated rings. The van der Waals surface area contributed by atoms with E-state index in [-0.39, 0.29) is 32.4 Å². The first-order valence-electron chi connectivity index (χ1n) is 13.2. The number of H-pyrrole nitrogens is 1. The fourth-order valence-corrected chi connectivity index (χ4v) is 4.19. The molecule has 40 heavy (non-hydrogen) atoms. The number of hydrogen-bond acceptors (Lipinski definition) is 8. The lowest BCUT2D eigenvalue weighted by molar-refractivity contribution is -0.134. The van der Waals surface area contributed by atoms with Crippen LogP contribution in [0, 0.1) is 0 Å². The van der Waals surface area contributed by atoms with Crippen LogP contribution in [0.4, 0.5) is 0 Å². The highest BCUT2D eigenvalue weighted by molar-refractivity contribution is 5.96. The molecule has 0 unspecified atom stereocenters. The number of primary amides is 1. The van der Waals surface area contributed by atoms with Gasteiger partial charge in [0.2, 0.25) is 29.5 Å². The summed E-state index contributed by atoms with van der Waals surface area (Å²) in [4.78, 5) is 66.9. The first-order valence-corrected chi connectivity index (χ1v) is 13.2. The third-order valence-corrected chi connectivity index (χ3v) is 6.50. The molecule has 14 heteroatoms. The number of rotatable bonds is 4. The molecular weight excluding hydrogens is 518 g/mol. The number of amides is 5. The first kappa shape index (κ1) is 32.2. The fraction of sp³-hybridized carbons (Fsp3) is 0.500. The molecule has 5 atom stereocenters. The highest BCUT2D eigenvalue weighted by atomic mass is 16.2. The van der Waals surface area contributed by atoms with Crippen LogP contribution in [0.1, 0.15) is 32.3 Å². The number of aromatic amines is 1. The van der Waals surface area contributed by atoms with Crippen LogP contribution in [-0.2, 0) is 30.4 Å².